The Morgan fingerprint density at radius 1 is 1.24 bits per heavy atom. The number of hydrogen-bond donors (Lipinski definition) is 2. The van der Waals surface area contributed by atoms with E-state index in [9.17, 15) is 9.59 Å². The Hall–Kier alpha value is -2.38. The third-order valence-electron chi connectivity index (χ3n) is 4.27. The van der Waals surface area contributed by atoms with Crippen molar-refractivity contribution in [1.82, 2.24) is 5.32 Å². The quantitative estimate of drug-likeness (QED) is 0.830. The van der Waals surface area contributed by atoms with Gasteiger partial charge in [0.25, 0.3) is 0 Å². The Kier molecular flexibility index (Phi) is 5.06. The van der Waals surface area contributed by atoms with Crippen molar-refractivity contribution in [3.63, 3.8) is 0 Å². The lowest BCUT2D eigenvalue weighted by Gasteiger charge is -2.19. The number of benzene rings is 1. The van der Waals surface area contributed by atoms with Gasteiger partial charge >= 0.3 is 11.7 Å². The monoisotopic (exact) mass is 346 g/mol. The van der Waals surface area contributed by atoms with Crippen molar-refractivity contribution < 1.29 is 18.7 Å². The highest BCUT2D eigenvalue weighted by atomic mass is 16.5. The molecule has 1 aromatic heterocycles. The molecule has 0 spiro atoms. The first-order valence-corrected chi connectivity index (χ1v) is 8.30. The molecule has 2 aromatic rings. The van der Waals surface area contributed by atoms with E-state index in [4.69, 9.17) is 13.9 Å². The van der Waals surface area contributed by atoms with Crippen LogP contribution in [-0.4, -0.2) is 38.0 Å². The van der Waals surface area contributed by atoms with E-state index in [-0.39, 0.29) is 23.8 Å². The van der Waals surface area contributed by atoms with Crippen molar-refractivity contribution in [3.8, 4) is 0 Å². The van der Waals surface area contributed by atoms with Crippen molar-refractivity contribution in [2.45, 2.75) is 32.9 Å². The van der Waals surface area contributed by atoms with Crippen molar-refractivity contribution in [2.75, 3.05) is 25.1 Å². The largest absolute Gasteiger partial charge is 0.423 e. The molecule has 2 atom stereocenters. The summed E-state index contributed by atoms with van der Waals surface area (Å²) in [5, 5.41) is 6.53. The summed E-state index contributed by atoms with van der Waals surface area (Å²) in [5.74, 6) is 0. The molecule has 2 amide bonds. The number of rotatable bonds is 4. The van der Waals surface area contributed by atoms with Crippen LogP contribution in [0.1, 0.15) is 18.1 Å². The van der Waals surface area contributed by atoms with Crippen LogP contribution in [0.3, 0.4) is 0 Å². The van der Waals surface area contributed by atoms with Gasteiger partial charge in [-0.3, -0.25) is 0 Å². The van der Waals surface area contributed by atoms with Gasteiger partial charge in [-0.1, -0.05) is 0 Å². The predicted molar refractivity (Wildman–Crippen MR) is 94.1 cm³/mol. The zero-order valence-corrected chi connectivity index (χ0v) is 14.5. The highest BCUT2D eigenvalue weighted by molar-refractivity contribution is 5.94. The van der Waals surface area contributed by atoms with E-state index >= 15 is 0 Å². The average molecular weight is 346 g/mol. The van der Waals surface area contributed by atoms with Gasteiger partial charge < -0.3 is 24.5 Å². The SMILES string of the molecule is CCO[C@H]1COC[C@@H]1NC(=O)Nc1cc2c(C)cc(=O)oc2cc1C. The second-order valence-electron chi connectivity index (χ2n) is 6.15. The lowest BCUT2D eigenvalue weighted by molar-refractivity contribution is 0.0428. The molecule has 7 heteroatoms. The molecule has 25 heavy (non-hydrogen) atoms. The molecule has 0 bridgehead atoms. The summed E-state index contributed by atoms with van der Waals surface area (Å²) < 4.78 is 16.2. The predicted octanol–water partition coefficient (Wildman–Crippen LogP) is 2.34. The number of carbonyl (C=O) groups excluding carboxylic acids is 1. The van der Waals surface area contributed by atoms with E-state index in [1.165, 1.54) is 6.07 Å². The summed E-state index contributed by atoms with van der Waals surface area (Å²) in [6.07, 6.45) is -0.134. The van der Waals surface area contributed by atoms with Crippen molar-refractivity contribution in [3.05, 3.63) is 39.7 Å². The first-order chi connectivity index (χ1) is 12.0. The van der Waals surface area contributed by atoms with Gasteiger partial charge in [-0.2, -0.15) is 0 Å². The molecule has 2 heterocycles. The molecule has 1 saturated heterocycles. The van der Waals surface area contributed by atoms with Crippen LogP contribution in [0.2, 0.25) is 0 Å². The summed E-state index contributed by atoms with van der Waals surface area (Å²) in [4.78, 5) is 23.8. The number of carbonyl (C=O) groups is 1. The molecule has 134 valence electrons. The van der Waals surface area contributed by atoms with Gasteiger partial charge in [-0.15, -0.1) is 0 Å². The molecule has 1 aliphatic rings. The molecule has 1 aromatic carbocycles. The average Bonchev–Trinajstić information content (AvgIpc) is 2.96. The van der Waals surface area contributed by atoms with E-state index in [0.29, 0.717) is 31.1 Å². The highest BCUT2D eigenvalue weighted by Crippen LogP contribution is 2.25. The molecule has 7 nitrogen and oxygen atoms in total. The Morgan fingerprint density at radius 3 is 2.80 bits per heavy atom. The number of amides is 2. The number of anilines is 1. The molecular formula is C18H22N2O5. The van der Waals surface area contributed by atoms with Crippen LogP contribution in [-0.2, 0) is 9.47 Å². The maximum Gasteiger partial charge on any atom is 0.336 e. The van der Waals surface area contributed by atoms with Crippen LogP contribution in [0, 0.1) is 13.8 Å². The number of fused-ring (bicyclic) bond motifs is 1. The Bertz CT molecular complexity index is 845. The fourth-order valence-electron chi connectivity index (χ4n) is 2.98. The number of nitrogens with one attached hydrogen (secondary N) is 2. The van der Waals surface area contributed by atoms with E-state index < -0.39 is 0 Å². The van der Waals surface area contributed by atoms with Crippen molar-refractivity contribution >= 4 is 22.7 Å². The minimum atomic E-state index is -0.383. The normalized spacial score (nSPS) is 20.0. The molecule has 0 saturated carbocycles. The van der Waals surface area contributed by atoms with Gasteiger partial charge in [0.2, 0.25) is 0 Å². The van der Waals surface area contributed by atoms with Gasteiger partial charge in [0.15, 0.2) is 0 Å². The van der Waals surface area contributed by atoms with E-state index in [2.05, 4.69) is 10.6 Å². The zero-order valence-electron chi connectivity index (χ0n) is 14.5. The molecule has 0 unspecified atom stereocenters. The van der Waals surface area contributed by atoms with Crippen LogP contribution in [0.25, 0.3) is 11.0 Å². The Labute approximate surface area is 145 Å². The Morgan fingerprint density at radius 2 is 2.04 bits per heavy atom. The summed E-state index contributed by atoms with van der Waals surface area (Å²) in [7, 11) is 0. The Balaban J connectivity index is 1.77. The third-order valence-corrected chi connectivity index (χ3v) is 4.27. The number of ether oxygens (including phenoxy) is 2. The van der Waals surface area contributed by atoms with E-state index in [0.717, 1.165) is 16.5 Å². The third kappa shape index (κ3) is 3.83. The summed E-state index contributed by atoms with van der Waals surface area (Å²) >= 11 is 0. The lowest BCUT2D eigenvalue weighted by Crippen LogP contribution is -2.45. The van der Waals surface area contributed by atoms with Crippen LogP contribution >= 0.6 is 0 Å². The smallest absolute Gasteiger partial charge is 0.336 e. The van der Waals surface area contributed by atoms with E-state index in [1.54, 1.807) is 6.07 Å². The summed E-state index contributed by atoms with van der Waals surface area (Å²) in [6, 6.07) is 4.50. The van der Waals surface area contributed by atoms with Crippen LogP contribution in [0.5, 0.6) is 0 Å². The standard InChI is InChI=1S/C18H22N2O5/c1-4-24-16-9-23-8-14(16)20-18(22)19-13-7-12-10(2)6-17(21)25-15(12)5-11(13)3/h5-7,14,16H,4,8-9H2,1-3H3,(H2,19,20,22)/t14-,16-/m0/s1. The highest BCUT2D eigenvalue weighted by Gasteiger charge is 2.30. The first kappa shape index (κ1) is 17.4. The number of hydrogen-bond acceptors (Lipinski definition) is 5. The summed E-state index contributed by atoms with van der Waals surface area (Å²) in [6.45, 7) is 7.07. The van der Waals surface area contributed by atoms with E-state index in [1.807, 2.05) is 26.8 Å². The second kappa shape index (κ2) is 7.25. The van der Waals surface area contributed by atoms with Crippen LogP contribution < -0.4 is 16.3 Å². The van der Waals surface area contributed by atoms with Gasteiger partial charge in [-0.25, -0.2) is 9.59 Å². The minimum Gasteiger partial charge on any atom is -0.423 e. The van der Waals surface area contributed by atoms with Crippen LogP contribution in [0.15, 0.2) is 27.4 Å². The fourth-order valence-corrected chi connectivity index (χ4v) is 2.98. The van der Waals surface area contributed by atoms with Gasteiger partial charge in [0.05, 0.1) is 19.3 Å². The maximum atomic E-state index is 12.3. The topological polar surface area (TPSA) is 89.8 Å². The number of aryl methyl sites for hydroxylation is 2. The molecule has 0 radical (unpaired) electrons. The summed E-state index contributed by atoms with van der Waals surface area (Å²) in [5.41, 5.74) is 2.39. The van der Waals surface area contributed by atoms with Gasteiger partial charge in [0.1, 0.15) is 11.7 Å². The maximum absolute atomic E-state index is 12.3. The van der Waals surface area contributed by atoms with Gasteiger partial charge in [-0.05, 0) is 44.0 Å². The molecule has 0 aliphatic carbocycles. The van der Waals surface area contributed by atoms with Crippen molar-refractivity contribution in [2.24, 2.45) is 0 Å². The molecule has 1 fully saturated rings. The van der Waals surface area contributed by atoms with Gasteiger partial charge in [0, 0.05) is 23.7 Å². The first-order valence-electron chi connectivity index (χ1n) is 8.30. The minimum absolute atomic E-state index is 0.134. The molecule has 2 N–H and O–H groups in total. The fraction of sp³-hybridized carbons (Fsp3) is 0.444. The molecule has 1 aliphatic heterocycles. The number of urea groups is 1. The lowest BCUT2D eigenvalue weighted by atomic mass is 10.1. The second-order valence-corrected chi connectivity index (χ2v) is 6.15. The van der Waals surface area contributed by atoms with Crippen molar-refractivity contribution in [1.29, 1.82) is 0 Å². The molecule has 3 rings (SSSR count). The van der Waals surface area contributed by atoms with Crippen LogP contribution in [0.4, 0.5) is 10.5 Å². The zero-order chi connectivity index (χ0) is 18.0. The molecular weight excluding hydrogens is 324 g/mol.